The monoisotopic (exact) mass is 308 g/mol. The molecular formula is C14H16N2O4S. The molecule has 0 aliphatic heterocycles. The number of benzene rings is 1. The van der Waals surface area contributed by atoms with E-state index in [0.29, 0.717) is 12.0 Å². The first-order chi connectivity index (χ1) is 9.89. The fourth-order valence-corrected chi connectivity index (χ4v) is 2.90. The minimum Gasteiger partial charge on any atom is -0.358 e. The van der Waals surface area contributed by atoms with Gasteiger partial charge < -0.3 is 4.18 Å². The molecule has 0 bridgehead atoms. The maximum absolute atomic E-state index is 12.3. The van der Waals surface area contributed by atoms with Crippen molar-refractivity contribution in [3.8, 4) is 5.88 Å². The van der Waals surface area contributed by atoms with Gasteiger partial charge in [-0.2, -0.15) is 13.5 Å². The molecule has 0 fully saturated rings. The van der Waals surface area contributed by atoms with Crippen molar-refractivity contribution < 1.29 is 17.4 Å². The smallest absolute Gasteiger partial charge is 0.340 e. The quantitative estimate of drug-likeness (QED) is 0.622. The van der Waals surface area contributed by atoms with Crippen LogP contribution in [0.15, 0.2) is 29.2 Å². The lowest BCUT2D eigenvalue weighted by Gasteiger charge is -2.08. The molecule has 112 valence electrons. The summed E-state index contributed by atoms with van der Waals surface area (Å²) >= 11 is 0. The first-order valence-electron chi connectivity index (χ1n) is 6.41. The van der Waals surface area contributed by atoms with Gasteiger partial charge in [0.2, 0.25) is 5.88 Å². The molecule has 0 saturated carbocycles. The zero-order valence-electron chi connectivity index (χ0n) is 12.0. The molecule has 0 atom stereocenters. The van der Waals surface area contributed by atoms with E-state index in [-0.39, 0.29) is 16.3 Å². The van der Waals surface area contributed by atoms with Gasteiger partial charge in [-0.1, -0.05) is 19.1 Å². The van der Waals surface area contributed by atoms with Crippen molar-refractivity contribution in [2.75, 3.05) is 0 Å². The molecule has 0 saturated heterocycles. The van der Waals surface area contributed by atoms with Crippen LogP contribution in [0.25, 0.3) is 0 Å². The Morgan fingerprint density at radius 1 is 1.29 bits per heavy atom. The fourth-order valence-electron chi connectivity index (χ4n) is 1.93. The Hall–Kier alpha value is -2.15. The number of aldehydes is 1. The van der Waals surface area contributed by atoms with Crippen molar-refractivity contribution in [3.63, 3.8) is 0 Å². The first kappa shape index (κ1) is 15.2. The molecule has 1 aromatic carbocycles. The molecule has 0 amide bonds. The molecule has 0 radical (unpaired) electrons. The summed E-state index contributed by atoms with van der Waals surface area (Å²) in [5.74, 6) is -0.0814. The zero-order chi connectivity index (χ0) is 15.6. The van der Waals surface area contributed by atoms with Gasteiger partial charge in [-0.3, -0.25) is 4.79 Å². The lowest BCUT2D eigenvalue weighted by atomic mass is 10.2. The Morgan fingerprint density at radius 2 is 1.90 bits per heavy atom. The second-order valence-corrected chi connectivity index (χ2v) is 6.13. The number of hydrogen-bond donors (Lipinski definition) is 0. The number of aromatic nitrogens is 2. The minimum absolute atomic E-state index is 0.0374. The van der Waals surface area contributed by atoms with Crippen LogP contribution in [0.3, 0.4) is 0 Å². The Bertz CT molecular complexity index is 761. The fraction of sp³-hybridized carbons (Fsp3) is 0.286. The van der Waals surface area contributed by atoms with Crippen LogP contribution in [0.5, 0.6) is 5.88 Å². The van der Waals surface area contributed by atoms with Crippen molar-refractivity contribution >= 4 is 16.4 Å². The van der Waals surface area contributed by atoms with E-state index in [1.165, 1.54) is 23.9 Å². The highest BCUT2D eigenvalue weighted by Crippen LogP contribution is 2.24. The third-order valence-corrected chi connectivity index (χ3v) is 4.37. The van der Waals surface area contributed by atoms with Crippen molar-refractivity contribution in [3.05, 3.63) is 41.1 Å². The molecule has 0 N–H and O–H groups in total. The Labute approximate surface area is 123 Å². The Kier molecular flexibility index (Phi) is 4.13. The molecule has 6 nitrogen and oxygen atoms in total. The third-order valence-electron chi connectivity index (χ3n) is 3.14. The molecular weight excluding hydrogens is 292 g/mol. The maximum Gasteiger partial charge on any atom is 0.340 e. The standard InChI is InChI=1S/C14H16N2O4S/c1-4-11-5-7-12(8-6-11)21(18,19)20-14-13(9-17)10(2)15-16(14)3/h5-9H,4H2,1-3H3. The summed E-state index contributed by atoms with van der Waals surface area (Å²) in [5, 5.41) is 3.98. The van der Waals surface area contributed by atoms with Crippen LogP contribution in [0.2, 0.25) is 0 Å². The largest absolute Gasteiger partial charge is 0.358 e. The predicted molar refractivity (Wildman–Crippen MR) is 77.0 cm³/mol. The van der Waals surface area contributed by atoms with Crippen LogP contribution >= 0.6 is 0 Å². The maximum atomic E-state index is 12.3. The second kappa shape index (κ2) is 5.69. The Morgan fingerprint density at radius 3 is 2.43 bits per heavy atom. The molecule has 7 heteroatoms. The van der Waals surface area contributed by atoms with Gasteiger partial charge in [-0.15, -0.1) is 0 Å². The highest BCUT2D eigenvalue weighted by atomic mass is 32.2. The Balaban J connectivity index is 2.39. The predicted octanol–water partition coefficient (Wildman–Crippen LogP) is 1.87. The highest BCUT2D eigenvalue weighted by Gasteiger charge is 2.23. The number of rotatable bonds is 5. The summed E-state index contributed by atoms with van der Waals surface area (Å²) < 4.78 is 30.8. The van der Waals surface area contributed by atoms with Gasteiger partial charge >= 0.3 is 10.1 Å². The number of nitrogens with zero attached hydrogens (tertiary/aromatic N) is 2. The molecule has 2 rings (SSSR count). The van der Waals surface area contributed by atoms with Gasteiger partial charge in [0.1, 0.15) is 10.5 Å². The van der Waals surface area contributed by atoms with Crippen molar-refractivity contribution in [1.82, 2.24) is 9.78 Å². The van der Waals surface area contributed by atoms with E-state index in [0.717, 1.165) is 12.0 Å². The molecule has 1 aromatic heterocycles. The summed E-state index contributed by atoms with van der Waals surface area (Å²) in [6.07, 6.45) is 1.35. The van der Waals surface area contributed by atoms with Gasteiger partial charge in [-0.25, -0.2) is 4.68 Å². The summed E-state index contributed by atoms with van der Waals surface area (Å²) in [7, 11) is -2.48. The molecule has 0 unspecified atom stereocenters. The second-order valence-electron chi connectivity index (χ2n) is 4.58. The molecule has 0 aliphatic rings. The van der Waals surface area contributed by atoms with Gasteiger partial charge in [0.05, 0.1) is 5.69 Å². The van der Waals surface area contributed by atoms with Crippen LogP contribution in [-0.4, -0.2) is 24.5 Å². The third kappa shape index (κ3) is 2.97. The first-order valence-corrected chi connectivity index (χ1v) is 7.82. The molecule has 21 heavy (non-hydrogen) atoms. The van der Waals surface area contributed by atoms with E-state index in [1.807, 2.05) is 6.92 Å². The number of carbonyl (C=O) groups is 1. The minimum atomic E-state index is -4.00. The van der Waals surface area contributed by atoms with Crippen molar-refractivity contribution in [2.24, 2.45) is 7.05 Å². The van der Waals surface area contributed by atoms with Crippen molar-refractivity contribution in [2.45, 2.75) is 25.2 Å². The summed E-state index contributed by atoms with van der Waals surface area (Å²) in [6, 6.07) is 6.42. The van der Waals surface area contributed by atoms with Crippen LogP contribution in [0.4, 0.5) is 0 Å². The molecule has 0 aliphatic carbocycles. The molecule has 1 heterocycles. The van der Waals surface area contributed by atoms with Gasteiger partial charge in [0.15, 0.2) is 6.29 Å². The average molecular weight is 308 g/mol. The summed E-state index contributed by atoms with van der Waals surface area (Å²) in [4.78, 5) is 11.1. The van der Waals surface area contributed by atoms with Crippen LogP contribution in [0.1, 0.15) is 28.5 Å². The number of aryl methyl sites for hydroxylation is 3. The van der Waals surface area contributed by atoms with Crippen LogP contribution < -0.4 is 4.18 Å². The van der Waals surface area contributed by atoms with Crippen molar-refractivity contribution in [1.29, 1.82) is 0 Å². The van der Waals surface area contributed by atoms with Crippen LogP contribution in [-0.2, 0) is 23.6 Å². The highest BCUT2D eigenvalue weighted by molar-refractivity contribution is 7.87. The number of hydrogen-bond acceptors (Lipinski definition) is 5. The van der Waals surface area contributed by atoms with Gasteiger partial charge in [-0.05, 0) is 31.0 Å². The zero-order valence-corrected chi connectivity index (χ0v) is 12.8. The van der Waals surface area contributed by atoms with Gasteiger partial charge in [0.25, 0.3) is 0 Å². The topological polar surface area (TPSA) is 78.3 Å². The SMILES string of the molecule is CCc1ccc(S(=O)(=O)Oc2c(C=O)c(C)nn2C)cc1. The molecule has 2 aromatic rings. The van der Waals surface area contributed by atoms with Crippen LogP contribution in [0, 0.1) is 6.92 Å². The molecule has 0 spiro atoms. The lowest BCUT2D eigenvalue weighted by molar-refractivity contribution is 0.112. The van der Waals surface area contributed by atoms with E-state index in [1.54, 1.807) is 19.1 Å². The normalized spacial score (nSPS) is 11.4. The average Bonchev–Trinajstić information content (AvgIpc) is 2.72. The summed E-state index contributed by atoms with van der Waals surface area (Å²) in [6.45, 7) is 3.59. The summed E-state index contributed by atoms with van der Waals surface area (Å²) in [5.41, 5.74) is 1.57. The number of carbonyl (C=O) groups excluding carboxylic acids is 1. The van der Waals surface area contributed by atoms with E-state index in [2.05, 4.69) is 5.10 Å². The van der Waals surface area contributed by atoms with E-state index >= 15 is 0 Å². The van der Waals surface area contributed by atoms with E-state index < -0.39 is 10.1 Å². The van der Waals surface area contributed by atoms with E-state index in [4.69, 9.17) is 4.18 Å². The van der Waals surface area contributed by atoms with E-state index in [9.17, 15) is 13.2 Å². The van der Waals surface area contributed by atoms with Gasteiger partial charge in [0, 0.05) is 7.05 Å². The lowest BCUT2D eigenvalue weighted by Crippen LogP contribution is -2.13.